The number of carbonyl (C=O) groups excluding carboxylic acids is 1. The van der Waals surface area contributed by atoms with Crippen molar-refractivity contribution in [1.29, 1.82) is 0 Å². The first-order valence-electron chi connectivity index (χ1n) is 6.53. The van der Waals surface area contributed by atoms with Crippen LogP contribution < -0.4 is 11.2 Å². The van der Waals surface area contributed by atoms with Crippen molar-refractivity contribution in [2.24, 2.45) is 0 Å². The Kier molecular flexibility index (Phi) is 5.15. The highest BCUT2D eigenvalue weighted by atomic mass is 31.2. The third-order valence-corrected chi connectivity index (χ3v) is 4.22. The van der Waals surface area contributed by atoms with Crippen LogP contribution in [0.15, 0.2) is 15.8 Å². The van der Waals surface area contributed by atoms with Crippen LogP contribution in [0.25, 0.3) is 0 Å². The fraction of sp³-hybridized carbons (Fsp3) is 0.545. The molecule has 1 aliphatic carbocycles. The van der Waals surface area contributed by atoms with Crippen molar-refractivity contribution in [3.05, 3.63) is 32.9 Å². The predicted octanol–water partition coefficient (Wildman–Crippen LogP) is -0.580. The second kappa shape index (κ2) is 6.75. The molecule has 0 bridgehead atoms. The summed E-state index contributed by atoms with van der Waals surface area (Å²) in [7, 11) is -4.81. The largest absolute Gasteiger partial charge is 0.425 e. The standard InChI is InChI=1S/C11H14FN2O8P/c12-8-4-14(10(17)13-9(8)16)6-1-2-7(3-6)22-11(21-5-15)23(18,19)20/h4-7,11H,1-3H2,(H,13,16,17)(H2,18,19,20)/t6-,7+,11?/m0/s1. The molecule has 0 saturated heterocycles. The van der Waals surface area contributed by atoms with Crippen LogP contribution in [0.4, 0.5) is 4.39 Å². The molecule has 128 valence electrons. The quantitative estimate of drug-likeness (QED) is 0.350. The second-order valence-electron chi connectivity index (χ2n) is 5.00. The lowest BCUT2D eigenvalue weighted by molar-refractivity contribution is -0.158. The number of ether oxygens (including phenoxy) is 2. The van der Waals surface area contributed by atoms with Crippen molar-refractivity contribution in [1.82, 2.24) is 9.55 Å². The van der Waals surface area contributed by atoms with Crippen LogP contribution in [0.2, 0.25) is 0 Å². The van der Waals surface area contributed by atoms with E-state index in [9.17, 15) is 23.3 Å². The van der Waals surface area contributed by atoms with E-state index in [0.29, 0.717) is 12.8 Å². The smallest absolute Gasteiger partial charge is 0.393 e. The highest BCUT2D eigenvalue weighted by Crippen LogP contribution is 2.44. The molecule has 1 fully saturated rings. The van der Waals surface area contributed by atoms with E-state index in [1.165, 1.54) is 0 Å². The van der Waals surface area contributed by atoms with Crippen LogP contribution in [0.3, 0.4) is 0 Å². The number of nitrogens with zero attached hydrogens (tertiary/aromatic N) is 1. The Balaban J connectivity index is 2.11. The first-order chi connectivity index (χ1) is 10.7. The van der Waals surface area contributed by atoms with Gasteiger partial charge in [-0.2, -0.15) is 4.39 Å². The van der Waals surface area contributed by atoms with E-state index in [4.69, 9.17) is 14.5 Å². The molecule has 1 saturated carbocycles. The Morgan fingerprint density at radius 3 is 2.74 bits per heavy atom. The van der Waals surface area contributed by atoms with Gasteiger partial charge in [0.15, 0.2) is 0 Å². The molecule has 1 heterocycles. The Labute approximate surface area is 128 Å². The molecule has 10 nitrogen and oxygen atoms in total. The van der Waals surface area contributed by atoms with Crippen molar-refractivity contribution in [3.8, 4) is 0 Å². The van der Waals surface area contributed by atoms with Crippen LogP contribution in [0.1, 0.15) is 25.3 Å². The fourth-order valence-corrected chi connectivity index (χ4v) is 2.97. The van der Waals surface area contributed by atoms with Crippen LogP contribution in [0, 0.1) is 5.82 Å². The first kappa shape index (κ1) is 17.5. The first-order valence-corrected chi connectivity index (χ1v) is 8.21. The van der Waals surface area contributed by atoms with Gasteiger partial charge >= 0.3 is 19.3 Å². The minimum Gasteiger partial charge on any atom is -0.425 e. The zero-order chi connectivity index (χ0) is 17.2. The number of aromatic nitrogens is 2. The fourth-order valence-electron chi connectivity index (χ4n) is 2.43. The van der Waals surface area contributed by atoms with E-state index < -0.39 is 42.8 Å². The van der Waals surface area contributed by atoms with E-state index in [2.05, 4.69) is 4.74 Å². The third kappa shape index (κ3) is 4.14. The SMILES string of the molecule is O=COC(O[C@@H]1CC[C@H](n2cc(F)c(=O)[nH]c2=O)C1)P(=O)(O)O. The molecule has 0 aromatic carbocycles. The summed E-state index contributed by atoms with van der Waals surface area (Å²) in [4.78, 5) is 52.8. The van der Waals surface area contributed by atoms with Gasteiger partial charge in [0.05, 0.1) is 12.3 Å². The maximum Gasteiger partial charge on any atom is 0.393 e. The molecule has 1 aromatic heterocycles. The number of halogens is 1. The number of hydrogen-bond donors (Lipinski definition) is 3. The molecule has 23 heavy (non-hydrogen) atoms. The Morgan fingerprint density at radius 1 is 1.43 bits per heavy atom. The van der Waals surface area contributed by atoms with Crippen LogP contribution in [0.5, 0.6) is 0 Å². The average molecular weight is 352 g/mol. The zero-order valence-corrected chi connectivity index (χ0v) is 12.5. The maximum absolute atomic E-state index is 13.3. The summed E-state index contributed by atoms with van der Waals surface area (Å²) in [5.74, 6) is -1.12. The van der Waals surface area contributed by atoms with Gasteiger partial charge in [-0.25, -0.2) is 4.79 Å². The van der Waals surface area contributed by atoms with E-state index >= 15 is 0 Å². The van der Waals surface area contributed by atoms with Crippen LogP contribution >= 0.6 is 7.60 Å². The van der Waals surface area contributed by atoms with Crippen molar-refractivity contribution in [2.75, 3.05) is 0 Å². The van der Waals surface area contributed by atoms with Gasteiger partial charge in [0.25, 0.3) is 12.0 Å². The number of carbonyl (C=O) groups is 1. The summed E-state index contributed by atoms with van der Waals surface area (Å²) < 4.78 is 34.7. The number of aromatic amines is 1. The van der Waals surface area contributed by atoms with Gasteiger partial charge in [-0.15, -0.1) is 0 Å². The zero-order valence-electron chi connectivity index (χ0n) is 11.6. The lowest BCUT2D eigenvalue weighted by atomic mass is 10.2. The average Bonchev–Trinajstić information content (AvgIpc) is 2.90. The molecule has 3 atom stereocenters. The minimum absolute atomic E-state index is 0.129. The van der Waals surface area contributed by atoms with E-state index in [1.807, 2.05) is 4.98 Å². The number of H-pyrrole nitrogens is 1. The highest BCUT2D eigenvalue weighted by Gasteiger charge is 2.37. The molecule has 0 amide bonds. The monoisotopic (exact) mass is 352 g/mol. The molecule has 1 aliphatic rings. The Morgan fingerprint density at radius 2 is 2.13 bits per heavy atom. The topological polar surface area (TPSA) is 148 Å². The van der Waals surface area contributed by atoms with Gasteiger partial charge in [-0.05, 0) is 19.3 Å². The van der Waals surface area contributed by atoms with Crippen molar-refractivity contribution < 1.29 is 33.0 Å². The lowest BCUT2D eigenvalue weighted by Crippen LogP contribution is -2.33. The molecule has 1 unspecified atom stereocenters. The van der Waals surface area contributed by atoms with E-state index in [0.717, 1.165) is 10.8 Å². The summed E-state index contributed by atoms with van der Waals surface area (Å²) in [5, 5.41) is 0. The maximum atomic E-state index is 13.3. The number of hydrogen-bond acceptors (Lipinski definition) is 6. The van der Waals surface area contributed by atoms with E-state index in [-0.39, 0.29) is 12.9 Å². The van der Waals surface area contributed by atoms with Gasteiger partial charge in [-0.3, -0.25) is 23.7 Å². The molecule has 1 aromatic rings. The van der Waals surface area contributed by atoms with Crippen LogP contribution in [-0.2, 0) is 18.8 Å². The molecular formula is C11H14FN2O8P. The molecular weight excluding hydrogens is 338 g/mol. The van der Waals surface area contributed by atoms with Gasteiger partial charge in [0, 0.05) is 6.04 Å². The molecule has 2 rings (SSSR count). The molecule has 0 radical (unpaired) electrons. The van der Waals surface area contributed by atoms with Gasteiger partial charge in [0.2, 0.25) is 5.82 Å². The van der Waals surface area contributed by atoms with Gasteiger partial charge < -0.3 is 19.3 Å². The highest BCUT2D eigenvalue weighted by molar-refractivity contribution is 7.52. The van der Waals surface area contributed by atoms with E-state index in [1.54, 1.807) is 0 Å². The molecule has 0 spiro atoms. The summed E-state index contributed by atoms with van der Waals surface area (Å²) >= 11 is 0. The lowest BCUT2D eigenvalue weighted by Gasteiger charge is -2.21. The van der Waals surface area contributed by atoms with Crippen molar-refractivity contribution in [2.45, 2.75) is 37.4 Å². The predicted molar refractivity (Wildman–Crippen MR) is 72.0 cm³/mol. The van der Waals surface area contributed by atoms with Gasteiger partial charge in [0.1, 0.15) is 0 Å². The van der Waals surface area contributed by atoms with Crippen molar-refractivity contribution >= 4 is 14.1 Å². The Bertz CT molecular complexity index is 740. The van der Waals surface area contributed by atoms with Crippen molar-refractivity contribution in [3.63, 3.8) is 0 Å². The normalized spacial score (nSPS) is 22.7. The number of rotatable bonds is 6. The van der Waals surface area contributed by atoms with Crippen LogP contribution in [-0.4, -0.2) is 37.9 Å². The Hall–Kier alpha value is -1.81. The van der Waals surface area contributed by atoms with Gasteiger partial charge in [-0.1, -0.05) is 0 Å². The minimum atomic E-state index is -4.81. The number of nitrogens with one attached hydrogen (secondary N) is 1. The summed E-state index contributed by atoms with van der Waals surface area (Å²) in [6, 6.07) is -2.56. The third-order valence-electron chi connectivity index (χ3n) is 3.43. The summed E-state index contributed by atoms with van der Waals surface area (Å²) in [6.07, 6.45) is 0.849. The summed E-state index contributed by atoms with van der Waals surface area (Å²) in [5.41, 5.74) is -1.92. The second-order valence-corrected chi connectivity index (χ2v) is 6.60. The molecule has 12 heteroatoms. The summed E-state index contributed by atoms with van der Waals surface area (Å²) in [6.45, 7) is -0.141. The molecule has 0 aliphatic heterocycles. The molecule has 3 N–H and O–H groups in total.